The number of carbonyl (C=O) groups is 1. The molecule has 0 aromatic heterocycles. The quantitative estimate of drug-likeness (QED) is 0.850. The first-order chi connectivity index (χ1) is 9.25. The van der Waals surface area contributed by atoms with Gasteiger partial charge in [-0.15, -0.1) is 0 Å². The van der Waals surface area contributed by atoms with Gasteiger partial charge in [-0.1, -0.05) is 30.3 Å². The van der Waals surface area contributed by atoms with E-state index in [1.165, 1.54) is 5.56 Å². The normalized spacial score (nSPS) is 16.6. The molecule has 0 bridgehead atoms. The third-order valence-electron chi connectivity index (χ3n) is 3.77. The van der Waals surface area contributed by atoms with Crippen LogP contribution in [0.15, 0.2) is 30.3 Å². The van der Waals surface area contributed by atoms with Crippen LogP contribution < -0.4 is 5.32 Å². The Bertz CT molecular complexity index is 385. The number of benzene rings is 1. The van der Waals surface area contributed by atoms with Crippen molar-refractivity contribution in [2.24, 2.45) is 0 Å². The third kappa shape index (κ3) is 4.67. The van der Waals surface area contributed by atoms with Gasteiger partial charge in [-0.25, -0.2) is 0 Å². The highest BCUT2D eigenvalue weighted by atomic mass is 16.2. The monoisotopic (exact) mass is 260 g/mol. The van der Waals surface area contributed by atoms with Gasteiger partial charge in [-0.2, -0.15) is 0 Å². The van der Waals surface area contributed by atoms with E-state index >= 15 is 0 Å². The molecule has 1 N–H and O–H groups in total. The second-order valence-corrected chi connectivity index (χ2v) is 5.39. The minimum Gasteiger partial charge on any atom is -0.342 e. The number of aryl methyl sites for hydroxylation is 1. The number of hydrogen-bond donors (Lipinski definition) is 1. The predicted molar refractivity (Wildman–Crippen MR) is 78.0 cm³/mol. The number of hydrogen-bond acceptors (Lipinski definition) is 2. The van der Waals surface area contributed by atoms with Crippen LogP contribution in [0.2, 0.25) is 0 Å². The number of likely N-dealkylation sites (tertiary alicyclic amines) is 1. The van der Waals surface area contributed by atoms with Gasteiger partial charge in [0, 0.05) is 19.1 Å². The molecule has 1 amide bonds. The Morgan fingerprint density at radius 2 is 1.95 bits per heavy atom. The fourth-order valence-corrected chi connectivity index (χ4v) is 2.47. The Morgan fingerprint density at radius 3 is 2.63 bits per heavy atom. The smallest absolute Gasteiger partial charge is 0.236 e. The molecule has 1 unspecified atom stereocenters. The summed E-state index contributed by atoms with van der Waals surface area (Å²) in [6.07, 6.45) is 4.45. The summed E-state index contributed by atoms with van der Waals surface area (Å²) < 4.78 is 0. The van der Waals surface area contributed by atoms with Gasteiger partial charge in [0.2, 0.25) is 5.91 Å². The molecule has 1 aliphatic rings. The lowest BCUT2D eigenvalue weighted by Gasteiger charge is -2.18. The lowest BCUT2D eigenvalue weighted by molar-refractivity contribution is -0.129. The van der Waals surface area contributed by atoms with Crippen LogP contribution in [0.5, 0.6) is 0 Å². The molecule has 1 aromatic carbocycles. The van der Waals surface area contributed by atoms with Crippen molar-refractivity contribution in [3.63, 3.8) is 0 Å². The first kappa shape index (κ1) is 14.1. The molecule has 0 radical (unpaired) electrons. The number of carbonyl (C=O) groups excluding carboxylic acids is 1. The fraction of sp³-hybridized carbons (Fsp3) is 0.562. The average molecular weight is 260 g/mol. The van der Waals surface area contributed by atoms with E-state index in [1.54, 1.807) is 0 Å². The van der Waals surface area contributed by atoms with E-state index in [4.69, 9.17) is 0 Å². The molecule has 1 fully saturated rings. The minimum absolute atomic E-state index is 0.254. The highest BCUT2D eigenvalue weighted by Gasteiger charge is 2.17. The summed E-state index contributed by atoms with van der Waals surface area (Å²) in [6.45, 7) is 4.52. The predicted octanol–water partition coefficient (Wildman–Crippen LogP) is 2.22. The summed E-state index contributed by atoms with van der Waals surface area (Å²) in [6, 6.07) is 10.9. The second kappa shape index (κ2) is 7.29. The van der Waals surface area contributed by atoms with Gasteiger partial charge < -0.3 is 10.2 Å². The SMILES string of the molecule is CC(CCc1ccccc1)NCC(=O)N1CCCC1. The van der Waals surface area contributed by atoms with E-state index in [0.717, 1.165) is 38.8 Å². The molecule has 0 aliphatic carbocycles. The lowest BCUT2D eigenvalue weighted by Crippen LogP contribution is -2.39. The molecule has 104 valence electrons. The van der Waals surface area contributed by atoms with Crippen LogP contribution in [-0.2, 0) is 11.2 Å². The molecular weight excluding hydrogens is 236 g/mol. The summed E-state index contributed by atoms with van der Waals surface area (Å²) >= 11 is 0. The standard InChI is InChI=1S/C16H24N2O/c1-14(9-10-15-7-3-2-4-8-15)17-13-16(19)18-11-5-6-12-18/h2-4,7-8,14,17H,5-6,9-13H2,1H3. The van der Waals surface area contributed by atoms with Gasteiger partial charge in [-0.05, 0) is 38.2 Å². The number of nitrogens with zero attached hydrogens (tertiary/aromatic N) is 1. The van der Waals surface area contributed by atoms with Crippen LogP contribution in [0, 0.1) is 0 Å². The largest absolute Gasteiger partial charge is 0.342 e. The molecule has 1 atom stereocenters. The molecule has 1 aliphatic heterocycles. The van der Waals surface area contributed by atoms with E-state index in [2.05, 4.69) is 36.5 Å². The van der Waals surface area contributed by atoms with Gasteiger partial charge in [-0.3, -0.25) is 4.79 Å². The summed E-state index contributed by atoms with van der Waals surface area (Å²) in [7, 11) is 0. The Hall–Kier alpha value is -1.35. The molecule has 1 saturated heterocycles. The van der Waals surface area contributed by atoms with Gasteiger partial charge in [0.05, 0.1) is 6.54 Å². The maximum absolute atomic E-state index is 11.9. The summed E-state index contributed by atoms with van der Waals surface area (Å²) in [5, 5.41) is 3.34. The average Bonchev–Trinajstić information content (AvgIpc) is 2.98. The number of amides is 1. The first-order valence-electron chi connectivity index (χ1n) is 7.31. The number of nitrogens with one attached hydrogen (secondary N) is 1. The Labute approximate surface area is 116 Å². The zero-order valence-electron chi connectivity index (χ0n) is 11.8. The van der Waals surface area contributed by atoms with Crippen LogP contribution >= 0.6 is 0 Å². The van der Waals surface area contributed by atoms with Gasteiger partial charge >= 0.3 is 0 Å². The van der Waals surface area contributed by atoms with Crippen LogP contribution in [-0.4, -0.2) is 36.5 Å². The maximum Gasteiger partial charge on any atom is 0.236 e. The molecule has 1 aromatic rings. The van der Waals surface area contributed by atoms with Gasteiger partial charge in [0.15, 0.2) is 0 Å². The molecule has 0 spiro atoms. The van der Waals surface area contributed by atoms with Gasteiger partial charge in [0.1, 0.15) is 0 Å². The fourth-order valence-electron chi connectivity index (χ4n) is 2.47. The van der Waals surface area contributed by atoms with E-state index in [1.807, 2.05) is 11.0 Å². The third-order valence-corrected chi connectivity index (χ3v) is 3.77. The molecule has 2 rings (SSSR count). The van der Waals surface area contributed by atoms with E-state index in [-0.39, 0.29) is 5.91 Å². The lowest BCUT2D eigenvalue weighted by atomic mass is 10.1. The van der Waals surface area contributed by atoms with Crippen LogP contribution in [0.25, 0.3) is 0 Å². The van der Waals surface area contributed by atoms with Crippen molar-refractivity contribution in [1.29, 1.82) is 0 Å². The van der Waals surface area contributed by atoms with Crippen molar-refractivity contribution >= 4 is 5.91 Å². The van der Waals surface area contributed by atoms with Crippen LogP contribution in [0.1, 0.15) is 31.7 Å². The second-order valence-electron chi connectivity index (χ2n) is 5.39. The topological polar surface area (TPSA) is 32.3 Å². The maximum atomic E-state index is 11.9. The van der Waals surface area contributed by atoms with Crippen molar-refractivity contribution in [1.82, 2.24) is 10.2 Å². The van der Waals surface area contributed by atoms with Crippen molar-refractivity contribution in [3.8, 4) is 0 Å². The molecule has 19 heavy (non-hydrogen) atoms. The number of rotatable bonds is 6. The van der Waals surface area contributed by atoms with Crippen molar-refractivity contribution in [2.75, 3.05) is 19.6 Å². The van der Waals surface area contributed by atoms with E-state index in [9.17, 15) is 4.79 Å². The molecule has 0 saturated carbocycles. The van der Waals surface area contributed by atoms with Crippen LogP contribution in [0.3, 0.4) is 0 Å². The zero-order chi connectivity index (χ0) is 13.5. The summed E-state index contributed by atoms with van der Waals surface area (Å²) in [5.74, 6) is 0.254. The Balaban J connectivity index is 1.64. The minimum atomic E-state index is 0.254. The molecule has 3 heteroatoms. The highest BCUT2D eigenvalue weighted by Crippen LogP contribution is 2.07. The summed E-state index contributed by atoms with van der Waals surface area (Å²) in [5.41, 5.74) is 1.36. The summed E-state index contributed by atoms with van der Waals surface area (Å²) in [4.78, 5) is 13.9. The zero-order valence-corrected chi connectivity index (χ0v) is 11.8. The molecule has 3 nitrogen and oxygen atoms in total. The molecular formula is C16H24N2O. The molecule has 1 heterocycles. The van der Waals surface area contributed by atoms with E-state index < -0.39 is 0 Å². The first-order valence-corrected chi connectivity index (χ1v) is 7.31. The van der Waals surface area contributed by atoms with Crippen molar-refractivity contribution in [3.05, 3.63) is 35.9 Å². The van der Waals surface area contributed by atoms with Crippen molar-refractivity contribution < 1.29 is 4.79 Å². The van der Waals surface area contributed by atoms with Crippen molar-refractivity contribution in [2.45, 2.75) is 38.6 Å². The highest BCUT2D eigenvalue weighted by molar-refractivity contribution is 5.78. The van der Waals surface area contributed by atoms with E-state index in [0.29, 0.717) is 12.6 Å². The van der Waals surface area contributed by atoms with Gasteiger partial charge in [0.25, 0.3) is 0 Å². The van der Waals surface area contributed by atoms with Crippen LogP contribution in [0.4, 0.5) is 0 Å². The Morgan fingerprint density at radius 1 is 1.26 bits per heavy atom. The Kier molecular flexibility index (Phi) is 5.40.